The molecule has 0 radical (unpaired) electrons. The van der Waals surface area contributed by atoms with Crippen LogP contribution in [-0.2, 0) is 114 Å². The van der Waals surface area contributed by atoms with Gasteiger partial charge in [-0.25, -0.2) is 0 Å². The topological polar surface area (TPSA) is 827 Å². The van der Waals surface area contributed by atoms with Gasteiger partial charge >= 0.3 is 0 Å². The maximum atomic E-state index is 13.6. The number of rotatable bonds is 31. The largest absolute Gasteiger partial charge is 0.394 e. The van der Waals surface area contributed by atoms with Crippen LogP contribution in [0.25, 0.3) is 0 Å². The predicted octanol–water partition coefficient (Wildman–Crippen LogP) is -20.0. The van der Waals surface area contributed by atoms with Crippen molar-refractivity contribution in [2.75, 3.05) is 52.9 Å². The summed E-state index contributed by atoms with van der Waals surface area (Å²) < 4.78 is 115. The Labute approximate surface area is 703 Å². The van der Waals surface area contributed by atoms with Gasteiger partial charge in [0.05, 0.1) is 65.1 Å². The molecule has 0 spiro atoms. The molecule has 10 aliphatic heterocycles. The van der Waals surface area contributed by atoms with E-state index in [0.29, 0.717) is 0 Å². The van der Waals surface area contributed by atoms with E-state index in [-0.39, 0.29) is 0 Å². The molecule has 716 valence electrons. The van der Waals surface area contributed by atoms with E-state index in [4.69, 9.17) is 90.0 Å². The maximum absolute atomic E-state index is 13.6. The van der Waals surface area contributed by atoms with Crippen molar-refractivity contribution < 1.29 is 242 Å². The van der Waals surface area contributed by atoms with Crippen LogP contribution in [0.1, 0.15) is 48.5 Å². The second-order valence-corrected chi connectivity index (χ2v) is 31.7. The smallest absolute Gasteiger partial charge is 0.217 e. The summed E-state index contributed by atoms with van der Waals surface area (Å²) in [5.74, 6) is -4.60. The van der Waals surface area contributed by atoms with Gasteiger partial charge in [0.2, 0.25) is 29.5 Å². The highest BCUT2D eigenvalue weighted by Crippen LogP contribution is 2.41. The lowest BCUT2D eigenvalue weighted by molar-refractivity contribution is -0.402. The second-order valence-electron chi connectivity index (χ2n) is 31.7. The number of amides is 5. The Hall–Kier alpha value is -4.41. The van der Waals surface area contributed by atoms with Crippen molar-refractivity contribution in [1.29, 1.82) is 0 Å². The summed E-state index contributed by atoms with van der Waals surface area (Å²) in [6.07, 6.45) is -93.0. The van der Waals surface area contributed by atoms with Crippen molar-refractivity contribution in [3.63, 3.8) is 0 Å². The Morgan fingerprint density at radius 3 is 0.992 bits per heavy atom. The Morgan fingerprint density at radius 2 is 0.524 bits per heavy atom. The van der Waals surface area contributed by atoms with E-state index < -0.39 is 389 Å². The molecule has 10 rings (SSSR count). The number of ether oxygens (including phenoxy) is 19. The van der Waals surface area contributed by atoms with Crippen LogP contribution in [0.5, 0.6) is 0 Å². The van der Waals surface area contributed by atoms with E-state index in [0.717, 1.165) is 34.6 Å². The molecule has 10 fully saturated rings. The van der Waals surface area contributed by atoms with Crippen LogP contribution in [0.4, 0.5) is 0 Å². The Morgan fingerprint density at radius 1 is 0.226 bits per heavy atom. The van der Waals surface area contributed by atoms with Crippen molar-refractivity contribution in [1.82, 2.24) is 26.6 Å². The van der Waals surface area contributed by atoms with E-state index in [1.54, 1.807) is 0 Å². The first-order valence-electron chi connectivity index (χ1n) is 39.8. The number of aliphatic hydroxyl groups excluding tert-OH is 25. The molecule has 50 atom stereocenters. The van der Waals surface area contributed by atoms with E-state index in [1.165, 1.54) is 13.8 Å². The van der Waals surface area contributed by atoms with Crippen molar-refractivity contribution in [3.05, 3.63) is 0 Å². The Bertz CT molecular complexity index is 3400. The first-order chi connectivity index (χ1) is 58.5. The highest BCUT2D eigenvalue weighted by Gasteiger charge is 2.62. The zero-order chi connectivity index (χ0) is 91.4. The normalized spacial score (nSPS) is 49.0. The summed E-state index contributed by atoms with van der Waals surface area (Å²) in [5.41, 5.74) is 0. The number of carbonyl (C=O) groups excluding carboxylic acids is 5. The maximum Gasteiger partial charge on any atom is 0.217 e. The van der Waals surface area contributed by atoms with Gasteiger partial charge in [-0.15, -0.1) is 0 Å². The van der Waals surface area contributed by atoms with Gasteiger partial charge in [0.25, 0.3) is 0 Å². The third-order valence-electron chi connectivity index (χ3n) is 22.8. The van der Waals surface area contributed by atoms with Crippen LogP contribution >= 0.6 is 0 Å². The highest BCUT2D eigenvalue weighted by atomic mass is 16.8. The Balaban J connectivity index is 1.02. The van der Waals surface area contributed by atoms with Crippen molar-refractivity contribution >= 4 is 29.5 Å². The third-order valence-corrected chi connectivity index (χ3v) is 22.8. The van der Waals surface area contributed by atoms with Gasteiger partial charge in [-0.2, -0.15) is 0 Å². The number of hydrogen-bond acceptors (Lipinski definition) is 49. The first-order valence-corrected chi connectivity index (χ1v) is 39.8. The molecule has 0 unspecified atom stereocenters. The average molecular weight is 1810 g/mol. The van der Waals surface area contributed by atoms with Crippen LogP contribution in [0, 0.1) is 0 Å². The number of carbonyl (C=O) groups is 5. The average Bonchev–Trinajstić information content (AvgIpc) is 0.757. The van der Waals surface area contributed by atoms with Crippen molar-refractivity contribution in [3.8, 4) is 0 Å². The minimum absolute atomic E-state index is 0.845. The molecule has 54 heteroatoms. The number of aliphatic hydroxyl groups is 25. The summed E-state index contributed by atoms with van der Waals surface area (Å²) in [4.78, 5) is 64.6. The molecule has 0 saturated carbocycles. The standard InChI is InChI=1S/C70H117N5O49/c1-16-36(87)47(98)51(102)66(108-16)106-15-30-55(45(96)31(61(105)110-30)71-18(3)82)118-64-34(74-21(6)85)46(97)54(27(12-80)115-64)119-68-53(104)58(42(93)29(117-68)14-107-69-59(49(100)40(91)25(10-78)113-69)123-63-33(73-20(5)84)44(95)39(90)24(9-77)112-63)122-70-60(50(101)41(92)26(11-79)114-70)124-65-35(75-22(7)86)57(121-67-52(103)48(99)37(88)17(2)109-67)56(28(13-81)116-65)120-62-32(72-19(4)83)43(94)38(89)23(8-76)111-62/h16-17,23-70,76-81,87-105H,8-15H2,1-7H3,(H,71,82)(H,72,83)(H,73,84)(H,74,85)(H,75,86)/t16-,17-,23+,24+,25+,26+,27+,28+,29+,30+,31+,32+,33+,34+,35+,36+,37+,38-,39+,40+,41+,42+,43+,44+,45+,46+,47+,48+,49-,50-,51-,52-,53-,54+,55+,56+,57+,58-,59-,60-,61+,62-,63-,64-,65-,66+,67-,68-,69-,70+/m0/s1. The quantitative estimate of drug-likeness (QED) is 0.0306. The SMILES string of the molecule is CC(=O)N[C@@H]1[C@@H](O)[C@H](O[C@@H]2O[C@H](CO)[C@@H](O[C@@H]3O[C@H](CO[C@H]4O[C@H](CO)[C@@H](O)[C@H](O)[C@@H]4O[C@@H]4O[C@H](CO)[C@@H](O)[C@H](O)[C@H]4NC(C)=O)[C@@H](O)[C@H](O[C@H]4O[C@H](CO)[C@@H](O)[C@H](O)[C@@H]4O[C@@H]4O[C@H](CO)[C@@H](O[C@@H]5O[C@H](CO)[C@H](O)[C@H](O)[C@H]5NC(C)=O)[C@H](O[C@@H]5O[C@@H](C)[C@@H](O)[C@@H](O)[C@@H]5O)[C@H]4NC(C)=O)[C@@H]3O)[C@H](O)[C@H]2NC(C)=O)[C@@H](CO[C@@H]2O[C@@H](C)[C@@H](O)[C@@H](O)[C@@H]2O)O[C@H]1O. The van der Waals surface area contributed by atoms with E-state index in [1.807, 2.05) is 0 Å². The van der Waals surface area contributed by atoms with Crippen molar-refractivity contribution in [2.45, 2.75) is 355 Å². The van der Waals surface area contributed by atoms with Gasteiger partial charge in [-0.05, 0) is 13.8 Å². The molecule has 0 aromatic rings. The molecule has 5 amide bonds. The molecule has 10 saturated heterocycles. The lowest BCUT2D eigenvalue weighted by Gasteiger charge is -2.52. The second kappa shape index (κ2) is 44.2. The monoisotopic (exact) mass is 1810 g/mol. The molecule has 10 aliphatic rings. The number of nitrogens with one attached hydrogen (secondary N) is 5. The summed E-state index contributed by atoms with van der Waals surface area (Å²) in [7, 11) is 0. The minimum Gasteiger partial charge on any atom is -0.394 e. The summed E-state index contributed by atoms with van der Waals surface area (Å²) in [6, 6.07) is -9.41. The number of hydrogen-bond donors (Lipinski definition) is 30. The molecule has 54 nitrogen and oxygen atoms in total. The van der Waals surface area contributed by atoms with E-state index in [9.17, 15) is 152 Å². The van der Waals surface area contributed by atoms with Gasteiger partial charge in [-0.1, -0.05) is 0 Å². The molecule has 10 heterocycles. The lowest BCUT2D eigenvalue weighted by atomic mass is 9.93. The van der Waals surface area contributed by atoms with E-state index >= 15 is 0 Å². The zero-order valence-electron chi connectivity index (χ0n) is 67.5. The van der Waals surface area contributed by atoms with Crippen LogP contribution in [-0.4, -0.2) is 517 Å². The summed E-state index contributed by atoms with van der Waals surface area (Å²) in [5, 5.41) is 294. The molecule has 0 bridgehead atoms. The Kier molecular flexibility index (Phi) is 36.3. The third kappa shape index (κ3) is 22.7. The summed E-state index contributed by atoms with van der Waals surface area (Å²) in [6.45, 7) is -1.61. The fourth-order valence-electron chi connectivity index (χ4n) is 16.1. The van der Waals surface area contributed by atoms with Crippen molar-refractivity contribution in [2.24, 2.45) is 0 Å². The minimum atomic E-state index is -2.65. The molecular weight excluding hydrogens is 1690 g/mol. The zero-order valence-corrected chi connectivity index (χ0v) is 67.5. The first kappa shape index (κ1) is 102. The van der Waals surface area contributed by atoms with Crippen LogP contribution in [0.3, 0.4) is 0 Å². The molecular formula is C70H117N5O49. The molecule has 0 aromatic carbocycles. The molecule has 124 heavy (non-hydrogen) atoms. The summed E-state index contributed by atoms with van der Waals surface area (Å²) >= 11 is 0. The van der Waals surface area contributed by atoms with Gasteiger partial charge in [0, 0.05) is 34.6 Å². The van der Waals surface area contributed by atoms with Crippen LogP contribution in [0.2, 0.25) is 0 Å². The lowest BCUT2D eigenvalue weighted by Crippen LogP contribution is -2.72. The van der Waals surface area contributed by atoms with Crippen LogP contribution < -0.4 is 26.6 Å². The predicted molar refractivity (Wildman–Crippen MR) is 385 cm³/mol. The fraction of sp³-hybridized carbons (Fsp3) is 0.929. The van der Waals surface area contributed by atoms with Gasteiger partial charge in [0.1, 0.15) is 232 Å². The van der Waals surface area contributed by atoms with Gasteiger partial charge in [-0.3, -0.25) is 24.0 Å². The molecule has 0 aliphatic carbocycles. The van der Waals surface area contributed by atoms with Crippen LogP contribution in [0.15, 0.2) is 0 Å². The molecule has 30 N–H and O–H groups in total. The fourth-order valence-corrected chi connectivity index (χ4v) is 16.1. The van der Waals surface area contributed by atoms with Gasteiger partial charge in [0.15, 0.2) is 62.9 Å². The molecule has 0 aromatic heterocycles. The highest BCUT2D eigenvalue weighted by molar-refractivity contribution is 5.75. The van der Waals surface area contributed by atoms with E-state index in [2.05, 4.69) is 26.6 Å². The van der Waals surface area contributed by atoms with Gasteiger partial charge < -0.3 is 244 Å².